The van der Waals surface area contributed by atoms with Gasteiger partial charge in [0.05, 0.1) is 19.8 Å². The van der Waals surface area contributed by atoms with E-state index in [9.17, 15) is 9.59 Å². The first kappa shape index (κ1) is 17.3. The van der Waals surface area contributed by atoms with Crippen LogP contribution in [0.1, 0.15) is 15.9 Å². The second kappa shape index (κ2) is 8.57. The van der Waals surface area contributed by atoms with Gasteiger partial charge < -0.3 is 19.5 Å². The zero-order chi connectivity index (χ0) is 17.4. The van der Waals surface area contributed by atoms with Gasteiger partial charge in [-0.1, -0.05) is 30.3 Å². The van der Waals surface area contributed by atoms with E-state index in [4.69, 9.17) is 9.47 Å². The van der Waals surface area contributed by atoms with Crippen molar-refractivity contribution in [2.75, 3.05) is 20.8 Å². The van der Waals surface area contributed by atoms with Crippen molar-refractivity contribution in [3.05, 3.63) is 59.7 Å². The van der Waals surface area contributed by atoms with Gasteiger partial charge in [0, 0.05) is 6.54 Å². The van der Waals surface area contributed by atoms with Gasteiger partial charge in [0.1, 0.15) is 0 Å². The molecule has 2 rings (SSSR count). The van der Waals surface area contributed by atoms with Gasteiger partial charge in [-0.2, -0.15) is 0 Å². The number of rotatable bonds is 7. The average molecular weight is 329 g/mol. The zero-order valence-electron chi connectivity index (χ0n) is 13.6. The molecule has 0 heterocycles. The van der Waals surface area contributed by atoms with E-state index >= 15 is 0 Å². The minimum Gasteiger partial charge on any atom is -0.493 e. The maximum atomic E-state index is 11.9. The highest BCUT2D eigenvalue weighted by Gasteiger charge is 2.12. The van der Waals surface area contributed by atoms with Crippen molar-refractivity contribution in [1.29, 1.82) is 0 Å². The Morgan fingerprint density at radius 2 is 1.75 bits per heavy atom. The van der Waals surface area contributed by atoms with Crippen LogP contribution in [0, 0.1) is 0 Å². The molecule has 0 aliphatic carbocycles. The van der Waals surface area contributed by atoms with Crippen LogP contribution >= 0.6 is 0 Å². The Bertz CT molecular complexity index is 700. The van der Waals surface area contributed by atoms with Gasteiger partial charge >= 0.3 is 5.97 Å². The van der Waals surface area contributed by atoms with Crippen molar-refractivity contribution in [2.45, 2.75) is 6.54 Å². The molecule has 24 heavy (non-hydrogen) atoms. The van der Waals surface area contributed by atoms with Gasteiger partial charge in [-0.25, -0.2) is 4.79 Å². The summed E-state index contributed by atoms with van der Waals surface area (Å²) in [7, 11) is 2.76. The molecule has 0 aliphatic heterocycles. The monoisotopic (exact) mass is 329 g/mol. The fourth-order valence-corrected chi connectivity index (χ4v) is 2.02. The molecule has 0 saturated heterocycles. The van der Waals surface area contributed by atoms with Gasteiger partial charge in [0.2, 0.25) is 0 Å². The van der Waals surface area contributed by atoms with Crippen LogP contribution in [-0.2, 0) is 16.1 Å². The van der Waals surface area contributed by atoms with E-state index in [2.05, 4.69) is 10.1 Å². The molecule has 0 aliphatic rings. The lowest BCUT2D eigenvalue weighted by molar-refractivity contribution is -0.123. The van der Waals surface area contributed by atoms with E-state index in [0.29, 0.717) is 23.6 Å². The fraction of sp³-hybridized carbons (Fsp3) is 0.222. The van der Waals surface area contributed by atoms with Crippen molar-refractivity contribution in [3.8, 4) is 11.5 Å². The van der Waals surface area contributed by atoms with E-state index in [1.807, 2.05) is 30.3 Å². The molecular formula is C18H19NO5. The van der Waals surface area contributed by atoms with E-state index in [1.165, 1.54) is 20.3 Å². The van der Waals surface area contributed by atoms with Crippen LogP contribution in [0.15, 0.2) is 48.5 Å². The lowest BCUT2D eigenvalue weighted by Crippen LogP contribution is -2.28. The number of amides is 1. The number of ether oxygens (including phenoxy) is 3. The van der Waals surface area contributed by atoms with Crippen LogP contribution in [0.4, 0.5) is 0 Å². The highest BCUT2D eigenvalue weighted by atomic mass is 16.5. The first-order valence-electron chi connectivity index (χ1n) is 7.34. The van der Waals surface area contributed by atoms with Crippen LogP contribution in [0.25, 0.3) is 0 Å². The van der Waals surface area contributed by atoms with Crippen molar-refractivity contribution < 1.29 is 23.8 Å². The summed E-state index contributed by atoms with van der Waals surface area (Å²) in [6.45, 7) is 0.280. The molecule has 2 aromatic rings. The first-order chi connectivity index (χ1) is 11.6. The van der Waals surface area contributed by atoms with Gasteiger partial charge in [-0.15, -0.1) is 0 Å². The van der Waals surface area contributed by atoms with Crippen molar-refractivity contribution in [1.82, 2.24) is 5.32 Å². The second-order valence-corrected chi connectivity index (χ2v) is 4.91. The molecule has 0 saturated carbocycles. The van der Waals surface area contributed by atoms with Crippen molar-refractivity contribution in [3.63, 3.8) is 0 Å². The Balaban J connectivity index is 1.91. The molecule has 1 amide bonds. The molecule has 0 radical (unpaired) electrons. The molecule has 2 aromatic carbocycles. The number of hydrogen-bond acceptors (Lipinski definition) is 5. The summed E-state index contributed by atoms with van der Waals surface area (Å²) in [6, 6.07) is 14.2. The minimum atomic E-state index is -0.472. The Kier molecular flexibility index (Phi) is 6.19. The smallest absolute Gasteiger partial charge is 0.337 e. The molecular weight excluding hydrogens is 310 g/mol. The SMILES string of the molecule is COC(=O)c1ccc(OCC(=O)NCc2ccccc2)c(OC)c1. The highest BCUT2D eigenvalue weighted by molar-refractivity contribution is 5.90. The third-order valence-corrected chi connectivity index (χ3v) is 3.28. The molecule has 6 heteroatoms. The topological polar surface area (TPSA) is 73.9 Å². The van der Waals surface area contributed by atoms with E-state index in [0.717, 1.165) is 5.56 Å². The van der Waals surface area contributed by atoms with Gasteiger partial charge in [0.25, 0.3) is 5.91 Å². The van der Waals surface area contributed by atoms with Crippen LogP contribution in [0.3, 0.4) is 0 Å². The van der Waals surface area contributed by atoms with E-state index in [1.54, 1.807) is 12.1 Å². The molecule has 0 aromatic heterocycles. The predicted octanol–water partition coefficient (Wildman–Crippen LogP) is 2.18. The number of carbonyl (C=O) groups is 2. The fourth-order valence-electron chi connectivity index (χ4n) is 2.02. The third-order valence-electron chi connectivity index (χ3n) is 3.28. The quantitative estimate of drug-likeness (QED) is 0.788. The summed E-state index contributed by atoms with van der Waals surface area (Å²) in [4.78, 5) is 23.4. The summed E-state index contributed by atoms with van der Waals surface area (Å²) in [5.74, 6) is 0.00665. The molecule has 0 atom stereocenters. The zero-order valence-corrected chi connectivity index (χ0v) is 13.6. The van der Waals surface area contributed by atoms with Crippen molar-refractivity contribution in [2.24, 2.45) is 0 Å². The molecule has 1 N–H and O–H groups in total. The van der Waals surface area contributed by atoms with E-state index in [-0.39, 0.29) is 12.5 Å². The Morgan fingerprint density at radius 3 is 2.42 bits per heavy atom. The number of esters is 1. The Hall–Kier alpha value is -3.02. The third kappa shape index (κ3) is 4.74. The molecule has 0 spiro atoms. The van der Waals surface area contributed by atoms with Crippen LogP contribution in [-0.4, -0.2) is 32.7 Å². The summed E-state index contributed by atoms with van der Waals surface area (Å²) in [5.41, 5.74) is 1.35. The van der Waals surface area contributed by atoms with Gasteiger partial charge in [0.15, 0.2) is 18.1 Å². The van der Waals surface area contributed by atoms with E-state index < -0.39 is 5.97 Å². The summed E-state index contributed by atoms with van der Waals surface area (Å²) in [6.07, 6.45) is 0. The van der Waals surface area contributed by atoms with Gasteiger partial charge in [-0.3, -0.25) is 4.79 Å². The maximum Gasteiger partial charge on any atom is 0.337 e. The average Bonchev–Trinajstić information content (AvgIpc) is 2.64. The Labute approximate surface area is 140 Å². The summed E-state index contributed by atoms with van der Waals surface area (Å²) < 4.78 is 15.3. The lowest BCUT2D eigenvalue weighted by atomic mass is 10.2. The van der Waals surface area contributed by atoms with Crippen LogP contribution < -0.4 is 14.8 Å². The maximum absolute atomic E-state index is 11.9. The predicted molar refractivity (Wildman–Crippen MR) is 88.1 cm³/mol. The molecule has 0 fully saturated rings. The normalized spacial score (nSPS) is 9.92. The van der Waals surface area contributed by atoms with Crippen LogP contribution in [0.2, 0.25) is 0 Å². The first-order valence-corrected chi connectivity index (χ1v) is 7.34. The molecule has 0 unspecified atom stereocenters. The highest BCUT2D eigenvalue weighted by Crippen LogP contribution is 2.28. The second-order valence-electron chi connectivity index (χ2n) is 4.91. The number of benzene rings is 2. The standard InChI is InChI=1S/C18H19NO5/c1-22-16-10-14(18(21)23-2)8-9-15(16)24-12-17(20)19-11-13-6-4-3-5-7-13/h3-10H,11-12H2,1-2H3,(H,19,20). The molecule has 0 bridgehead atoms. The Morgan fingerprint density at radius 1 is 1.00 bits per heavy atom. The van der Waals surface area contributed by atoms with Gasteiger partial charge in [-0.05, 0) is 23.8 Å². The number of nitrogens with one attached hydrogen (secondary N) is 1. The minimum absolute atomic E-state index is 0.152. The summed E-state index contributed by atoms with van der Waals surface area (Å²) >= 11 is 0. The molecule has 126 valence electrons. The van der Waals surface area contributed by atoms with Crippen molar-refractivity contribution >= 4 is 11.9 Å². The lowest BCUT2D eigenvalue weighted by Gasteiger charge is -2.12. The number of carbonyl (C=O) groups excluding carboxylic acids is 2. The number of methoxy groups -OCH3 is 2. The largest absolute Gasteiger partial charge is 0.493 e. The number of hydrogen-bond donors (Lipinski definition) is 1. The molecule has 6 nitrogen and oxygen atoms in total. The summed E-state index contributed by atoms with van der Waals surface area (Å²) in [5, 5.41) is 2.77. The van der Waals surface area contributed by atoms with Crippen LogP contribution in [0.5, 0.6) is 11.5 Å².